The van der Waals surface area contributed by atoms with Crippen LogP contribution in [0.2, 0.25) is 0 Å². The first kappa shape index (κ1) is 14.6. The number of methoxy groups -OCH3 is 1. The second-order valence-electron chi connectivity index (χ2n) is 4.78. The molecule has 0 radical (unpaired) electrons. The van der Waals surface area contributed by atoms with Crippen molar-refractivity contribution in [3.63, 3.8) is 0 Å². The van der Waals surface area contributed by atoms with Gasteiger partial charge in [-0.05, 0) is 18.6 Å². The molecule has 0 bridgehead atoms. The van der Waals surface area contributed by atoms with Crippen molar-refractivity contribution in [2.24, 2.45) is 0 Å². The molecule has 2 rings (SSSR count). The molecule has 2 aromatic rings. The topological polar surface area (TPSA) is 41.5 Å². The SMILES string of the molecule is COc1ccccc1C(C)N[C@@H](CO)c1ccccc1. The zero-order valence-corrected chi connectivity index (χ0v) is 11.9. The van der Waals surface area contributed by atoms with Crippen molar-refractivity contribution in [3.05, 3.63) is 65.7 Å². The number of aliphatic hydroxyl groups excluding tert-OH is 1. The first-order chi connectivity index (χ1) is 9.76. The van der Waals surface area contributed by atoms with Crippen molar-refractivity contribution in [2.45, 2.75) is 19.0 Å². The Kier molecular flexibility index (Phi) is 5.16. The van der Waals surface area contributed by atoms with Gasteiger partial charge in [0.25, 0.3) is 0 Å². The van der Waals surface area contributed by atoms with E-state index in [-0.39, 0.29) is 18.7 Å². The lowest BCUT2D eigenvalue weighted by atomic mass is 10.0. The van der Waals surface area contributed by atoms with Gasteiger partial charge in [-0.3, -0.25) is 0 Å². The minimum atomic E-state index is -0.0869. The summed E-state index contributed by atoms with van der Waals surface area (Å²) in [6.45, 7) is 2.13. The van der Waals surface area contributed by atoms with E-state index in [1.54, 1.807) is 7.11 Å². The van der Waals surface area contributed by atoms with Crippen molar-refractivity contribution in [3.8, 4) is 5.75 Å². The third-order valence-electron chi connectivity index (χ3n) is 3.44. The molecule has 0 amide bonds. The smallest absolute Gasteiger partial charge is 0.123 e. The predicted molar refractivity (Wildman–Crippen MR) is 80.8 cm³/mol. The first-order valence-electron chi connectivity index (χ1n) is 6.81. The summed E-state index contributed by atoms with van der Waals surface area (Å²) >= 11 is 0. The molecule has 2 N–H and O–H groups in total. The summed E-state index contributed by atoms with van der Waals surface area (Å²) in [6.07, 6.45) is 0. The van der Waals surface area contributed by atoms with E-state index in [2.05, 4.69) is 12.2 Å². The van der Waals surface area contributed by atoms with Gasteiger partial charge in [-0.1, -0.05) is 48.5 Å². The highest BCUT2D eigenvalue weighted by Crippen LogP contribution is 2.26. The van der Waals surface area contributed by atoms with E-state index in [4.69, 9.17) is 4.74 Å². The number of ether oxygens (including phenoxy) is 1. The standard InChI is InChI=1S/C17H21NO2/c1-13(15-10-6-7-11-17(15)20-2)18-16(12-19)14-8-4-3-5-9-14/h3-11,13,16,18-19H,12H2,1-2H3/t13?,16-/m0/s1. The molecule has 0 aliphatic heterocycles. The lowest BCUT2D eigenvalue weighted by Crippen LogP contribution is -2.27. The summed E-state index contributed by atoms with van der Waals surface area (Å²) in [5, 5.41) is 13.1. The molecule has 0 aliphatic rings. The maximum Gasteiger partial charge on any atom is 0.123 e. The molecule has 0 aromatic heterocycles. The third kappa shape index (κ3) is 3.38. The summed E-state index contributed by atoms with van der Waals surface area (Å²) in [5.74, 6) is 0.859. The molecule has 1 unspecified atom stereocenters. The van der Waals surface area contributed by atoms with Crippen molar-refractivity contribution >= 4 is 0 Å². The van der Waals surface area contributed by atoms with Crippen LogP contribution in [0.5, 0.6) is 5.75 Å². The van der Waals surface area contributed by atoms with Gasteiger partial charge < -0.3 is 15.2 Å². The Morgan fingerprint density at radius 2 is 1.70 bits per heavy atom. The normalized spacial score (nSPS) is 13.8. The summed E-state index contributed by atoms with van der Waals surface area (Å²) in [7, 11) is 1.67. The lowest BCUT2D eigenvalue weighted by molar-refractivity contribution is 0.234. The van der Waals surface area contributed by atoms with E-state index in [1.807, 2.05) is 54.6 Å². The minimum Gasteiger partial charge on any atom is -0.496 e. The fourth-order valence-electron chi connectivity index (χ4n) is 2.36. The van der Waals surface area contributed by atoms with Crippen LogP contribution in [-0.2, 0) is 0 Å². The molecule has 20 heavy (non-hydrogen) atoms. The molecule has 0 spiro atoms. The van der Waals surface area contributed by atoms with Gasteiger partial charge in [0.15, 0.2) is 0 Å². The largest absolute Gasteiger partial charge is 0.496 e. The molecule has 2 atom stereocenters. The van der Waals surface area contributed by atoms with E-state index in [9.17, 15) is 5.11 Å². The highest BCUT2D eigenvalue weighted by atomic mass is 16.5. The Labute approximate surface area is 120 Å². The van der Waals surface area contributed by atoms with Crippen LogP contribution >= 0.6 is 0 Å². The molecule has 106 valence electrons. The monoisotopic (exact) mass is 271 g/mol. The van der Waals surface area contributed by atoms with Crippen LogP contribution < -0.4 is 10.1 Å². The number of benzene rings is 2. The van der Waals surface area contributed by atoms with Crippen LogP contribution in [0.1, 0.15) is 30.1 Å². The van der Waals surface area contributed by atoms with Crippen LogP contribution in [0.25, 0.3) is 0 Å². The van der Waals surface area contributed by atoms with Gasteiger partial charge >= 0.3 is 0 Å². The number of rotatable bonds is 6. The molecular formula is C17H21NO2. The van der Waals surface area contributed by atoms with Crippen molar-refractivity contribution in [1.82, 2.24) is 5.32 Å². The van der Waals surface area contributed by atoms with Crippen LogP contribution in [-0.4, -0.2) is 18.8 Å². The van der Waals surface area contributed by atoms with E-state index in [1.165, 1.54) is 0 Å². The zero-order valence-electron chi connectivity index (χ0n) is 11.9. The van der Waals surface area contributed by atoms with E-state index < -0.39 is 0 Å². The van der Waals surface area contributed by atoms with Gasteiger partial charge in [0.1, 0.15) is 5.75 Å². The molecule has 3 nitrogen and oxygen atoms in total. The molecule has 0 aliphatic carbocycles. The van der Waals surface area contributed by atoms with Crippen molar-refractivity contribution < 1.29 is 9.84 Å². The average Bonchev–Trinajstić information content (AvgIpc) is 2.53. The lowest BCUT2D eigenvalue weighted by Gasteiger charge is -2.23. The molecule has 0 fully saturated rings. The summed E-state index contributed by atoms with van der Waals surface area (Å²) in [6, 6.07) is 17.9. The van der Waals surface area contributed by atoms with Crippen molar-refractivity contribution in [1.29, 1.82) is 0 Å². The third-order valence-corrected chi connectivity index (χ3v) is 3.44. The Balaban J connectivity index is 2.15. The van der Waals surface area contributed by atoms with Gasteiger partial charge in [-0.15, -0.1) is 0 Å². The summed E-state index contributed by atoms with van der Waals surface area (Å²) in [5.41, 5.74) is 2.17. The molecular weight excluding hydrogens is 250 g/mol. The Morgan fingerprint density at radius 3 is 2.35 bits per heavy atom. The van der Waals surface area contributed by atoms with Gasteiger partial charge in [0.2, 0.25) is 0 Å². The van der Waals surface area contributed by atoms with Gasteiger partial charge in [0, 0.05) is 11.6 Å². The molecule has 3 heteroatoms. The minimum absolute atomic E-state index is 0.0590. The van der Waals surface area contributed by atoms with Crippen LogP contribution in [0.4, 0.5) is 0 Å². The van der Waals surface area contributed by atoms with Crippen LogP contribution in [0.3, 0.4) is 0 Å². The summed E-state index contributed by atoms with van der Waals surface area (Å²) in [4.78, 5) is 0. The Morgan fingerprint density at radius 1 is 1.05 bits per heavy atom. The van der Waals surface area contributed by atoms with Gasteiger partial charge in [-0.2, -0.15) is 0 Å². The highest BCUT2D eigenvalue weighted by molar-refractivity contribution is 5.35. The number of hydrogen-bond acceptors (Lipinski definition) is 3. The highest BCUT2D eigenvalue weighted by Gasteiger charge is 2.16. The summed E-state index contributed by atoms with van der Waals surface area (Å²) < 4.78 is 5.38. The Hall–Kier alpha value is -1.84. The first-order valence-corrected chi connectivity index (χ1v) is 6.81. The zero-order chi connectivity index (χ0) is 14.4. The number of para-hydroxylation sites is 1. The molecule has 0 saturated heterocycles. The fraction of sp³-hybridized carbons (Fsp3) is 0.294. The second-order valence-corrected chi connectivity index (χ2v) is 4.78. The van der Waals surface area contributed by atoms with E-state index in [0.29, 0.717) is 0 Å². The number of nitrogens with one attached hydrogen (secondary N) is 1. The maximum absolute atomic E-state index is 9.61. The van der Waals surface area contributed by atoms with Crippen LogP contribution in [0.15, 0.2) is 54.6 Å². The number of aliphatic hydroxyl groups is 1. The Bertz CT molecular complexity index is 528. The second kappa shape index (κ2) is 7.08. The van der Waals surface area contributed by atoms with Crippen molar-refractivity contribution in [2.75, 3.05) is 13.7 Å². The van der Waals surface area contributed by atoms with Gasteiger partial charge in [-0.25, -0.2) is 0 Å². The molecule has 0 heterocycles. The van der Waals surface area contributed by atoms with E-state index >= 15 is 0 Å². The quantitative estimate of drug-likeness (QED) is 0.848. The van der Waals surface area contributed by atoms with E-state index in [0.717, 1.165) is 16.9 Å². The molecule has 0 saturated carbocycles. The van der Waals surface area contributed by atoms with Gasteiger partial charge in [0.05, 0.1) is 19.8 Å². The number of hydrogen-bond donors (Lipinski definition) is 2. The fourth-order valence-corrected chi connectivity index (χ4v) is 2.36. The average molecular weight is 271 g/mol. The molecule has 2 aromatic carbocycles. The predicted octanol–water partition coefficient (Wildman–Crippen LogP) is 3.08. The van der Waals surface area contributed by atoms with Crippen LogP contribution in [0, 0.1) is 0 Å². The maximum atomic E-state index is 9.61.